The van der Waals surface area contributed by atoms with Gasteiger partial charge in [0.2, 0.25) is 5.91 Å². The van der Waals surface area contributed by atoms with Crippen LogP contribution in [0.5, 0.6) is 5.75 Å². The number of urea groups is 1. The van der Waals surface area contributed by atoms with Crippen molar-refractivity contribution < 1.29 is 14.3 Å². The van der Waals surface area contributed by atoms with Crippen LogP contribution in [0.4, 0.5) is 10.5 Å². The Balaban J connectivity index is 1.61. The fourth-order valence-corrected chi connectivity index (χ4v) is 3.46. The number of nitrogens with one attached hydrogen (secondary N) is 3. The zero-order valence-electron chi connectivity index (χ0n) is 14.8. The van der Waals surface area contributed by atoms with Crippen molar-refractivity contribution in [1.29, 1.82) is 0 Å². The lowest BCUT2D eigenvalue weighted by Gasteiger charge is -2.19. The number of benzene rings is 1. The van der Waals surface area contributed by atoms with E-state index in [4.69, 9.17) is 4.74 Å². The zero-order valence-corrected chi connectivity index (χ0v) is 14.8. The van der Waals surface area contributed by atoms with Crippen molar-refractivity contribution >= 4 is 17.6 Å². The maximum absolute atomic E-state index is 12.3. The van der Waals surface area contributed by atoms with Crippen molar-refractivity contribution in [3.05, 3.63) is 23.8 Å². The van der Waals surface area contributed by atoms with Crippen molar-refractivity contribution in [1.82, 2.24) is 10.6 Å². The van der Waals surface area contributed by atoms with Gasteiger partial charge in [0.25, 0.3) is 0 Å². The molecule has 1 unspecified atom stereocenters. The molecule has 3 amide bonds. The second kappa shape index (κ2) is 8.23. The molecule has 0 aromatic heterocycles. The summed E-state index contributed by atoms with van der Waals surface area (Å²) in [6.45, 7) is 2.62. The Morgan fingerprint density at radius 1 is 1.16 bits per heavy atom. The molecule has 2 aliphatic rings. The minimum atomic E-state index is -0.472. The van der Waals surface area contributed by atoms with E-state index in [-0.39, 0.29) is 18.0 Å². The Labute approximate surface area is 148 Å². The van der Waals surface area contributed by atoms with Gasteiger partial charge in [-0.1, -0.05) is 6.07 Å². The largest absolute Gasteiger partial charge is 0.490 e. The molecule has 1 aliphatic carbocycles. The van der Waals surface area contributed by atoms with E-state index in [0.29, 0.717) is 18.7 Å². The fourth-order valence-electron chi connectivity index (χ4n) is 3.46. The number of carbonyl (C=O) groups is 2. The average Bonchev–Trinajstić information content (AvgIpc) is 3.02. The number of amides is 3. The number of ether oxygens (including phenoxy) is 1. The highest BCUT2D eigenvalue weighted by Crippen LogP contribution is 2.30. The first-order chi connectivity index (χ1) is 12.1. The van der Waals surface area contributed by atoms with E-state index in [1.807, 2.05) is 25.1 Å². The second-order valence-electron chi connectivity index (χ2n) is 6.89. The number of hydrogen-bond donors (Lipinski definition) is 3. The van der Waals surface area contributed by atoms with Crippen LogP contribution in [-0.4, -0.2) is 30.6 Å². The van der Waals surface area contributed by atoms with Crippen LogP contribution < -0.4 is 20.7 Å². The first kappa shape index (κ1) is 17.6. The molecule has 1 aliphatic heterocycles. The summed E-state index contributed by atoms with van der Waals surface area (Å²) in [5, 5.41) is 8.45. The van der Waals surface area contributed by atoms with Gasteiger partial charge in [0.1, 0.15) is 11.8 Å². The molecule has 0 radical (unpaired) electrons. The van der Waals surface area contributed by atoms with E-state index in [0.717, 1.165) is 37.0 Å². The number of anilines is 1. The van der Waals surface area contributed by atoms with E-state index in [2.05, 4.69) is 16.0 Å². The van der Waals surface area contributed by atoms with Crippen molar-refractivity contribution in [2.45, 2.75) is 64.0 Å². The van der Waals surface area contributed by atoms with Gasteiger partial charge in [0.05, 0.1) is 6.10 Å². The summed E-state index contributed by atoms with van der Waals surface area (Å²) in [5.74, 6) is 0.708. The molecule has 1 aromatic rings. The molecule has 1 atom stereocenters. The Morgan fingerprint density at radius 3 is 2.72 bits per heavy atom. The van der Waals surface area contributed by atoms with E-state index in [1.54, 1.807) is 0 Å². The molecular formula is C19H27N3O3. The third-order valence-corrected chi connectivity index (χ3v) is 4.97. The van der Waals surface area contributed by atoms with Gasteiger partial charge >= 0.3 is 6.03 Å². The van der Waals surface area contributed by atoms with Gasteiger partial charge in [-0.2, -0.15) is 0 Å². The summed E-state index contributed by atoms with van der Waals surface area (Å²) in [5.41, 5.74) is 1.62. The molecular weight excluding hydrogens is 318 g/mol. The Bertz CT molecular complexity index is 626. The zero-order chi connectivity index (χ0) is 17.6. The fraction of sp³-hybridized carbons (Fsp3) is 0.579. The third-order valence-electron chi connectivity index (χ3n) is 4.97. The molecule has 136 valence electrons. The summed E-state index contributed by atoms with van der Waals surface area (Å²) in [7, 11) is 0. The lowest BCUT2D eigenvalue weighted by atomic mass is 10.1. The molecule has 0 spiro atoms. The molecule has 3 rings (SSSR count). The lowest BCUT2D eigenvalue weighted by Crippen LogP contribution is -2.47. The van der Waals surface area contributed by atoms with Gasteiger partial charge in [0.15, 0.2) is 0 Å². The van der Waals surface area contributed by atoms with Crippen LogP contribution in [0.3, 0.4) is 0 Å². The summed E-state index contributed by atoms with van der Waals surface area (Å²) < 4.78 is 6.08. The van der Waals surface area contributed by atoms with Gasteiger partial charge in [-0.3, -0.25) is 4.79 Å². The third kappa shape index (κ3) is 4.65. The SMILES string of the molecule is Cc1c(NC(=O)NC2CCCCNC2=O)cccc1OC1CCCC1. The second-order valence-corrected chi connectivity index (χ2v) is 6.89. The standard InChI is InChI=1S/C19H27N3O3/c1-13-15(10-6-11-17(13)25-14-7-2-3-8-14)21-19(24)22-16-9-4-5-12-20-18(16)23/h6,10-11,14,16H,2-5,7-9,12H2,1H3,(H,20,23)(H2,21,22,24). The molecule has 6 nitrogen and oxygen atoms in total. The lowest BCUT2D eigenvalue weighted by molar-refractivity contribution is -0.122. The molecule has 2 fully saturated rings. The monoisotopic (exact) mass is 345 g/mol. The smallest absolute Gasteiger partial charge is 0.319 e. The van der Waals surface area contributed by atoms with E-state index < -0.39 is 6.04 Å². The predicted molar refractivity (Wildman–Crippen MR) is 96.9 cm³/mol. The molecule has 1 heterocycles. The van der Waals surface area contributed by atoms with E-state index >= 15 is 0 Å². The summed E-state index contributed by atoms with van der Waals surface area (Å²) in [6.07, 6.45) is 7.43. The number of carbonyl (C=O) groups excluding carboxylic acids is 2. The van der Waals surface area contributed by atoms with Gasteiger partial charge in [0, 0.05) is 17.8 Å². The molecule has 0 bridgehead atoms. The highest BCUT2D eigenvalue weighted by Gasteiger charge is 2.23. The molecule has 1 saturated heterocycles. The van der Waals surface area contributed by atoms with E-state index in [1.165, 1.54) is 12.8 Å². The van der Waals surface area contributed by atoms with Crippen molar-refractivity contribution in [2.24, 2.45) is 0 Å². The van der Waals surface area contributed by atoms with Crippen LogP contribution in [0.15, 0.2) is 18.2 Å². The van der Waals surface area contributed by atoms with Crippen molar-refractivity contribution in [3.63, 3.8) is 0 Å². The molecule has 1 saturated carbocycles. The van der Waals surface area contributed by atoms with Gasteiger partial charge in [-0.15, -0.1) is 0 Å². The van der Waals surface area contributed by atoms with E-state index in [9.17, 15) is 9.59 Å². The van der Waals surface area contributed by atoms with Crippen LogP contribution >= 0.6 is 0 Å². The topological polar surface area (TPSA) is 79.5 Å². The maximum atomic E-state index is 12.3. The average molecular weight is 345 g/mol. The summed E-state index contributed by atoms with van der Waals surface area (Å²) in [6, 6.07) is 4.84. The van der Waals surface area contributed by atoms with Crippen LogP contribution in [0.1, 0.15) is 50.5 Å². The Kier molecular flexibility index (Phi) is 5.79. The Hall–Kier alpha value is -2.24. The van der Waals surface area contributed by atoms with Gasteiger partial charge in [-0.25, -0.2) is 4.79 Å². The van der Waals surface area contributed by atoms with Crippen LogP contribution in [0.25, 0.3) is 0 Å². The molecule has 6 heteroatoms. The van der Waals surface area contributed by atoms with Crippen molar-refractivity contribution in [3.8, 4) is 5.75 Å². The highest BCUT2D eigenvalue weighted by molar-refractivity contribution is 5.94. The minimum absolute atomic E-state index is 0.109. The molecule has 1 aromatic carbocycles. The summed E-state index contributed by atoms with van der Waals surface area (Å²) in [4.78, 5) is 24.2. The highest BCUT2D eigenvalue weighted by atomic mass is 16.5. The first-order valence-electron chi connectivity index (χ1n) is 9.25. The minimum Gasteiger partial charge on any atom is -0.490 e. The molecule has 3 N–H and O–H groups in total. The summed E-state index contributed by atoms with van der Waals surface area (Å²) >= 11 is 0. The predicted octanol–water partition coefficient (Wildman–Crippen LogP) is 3.11. The normalized spacial score (nSPS) is 21.3. The van der Waals surface area contributed by atoms with Crippen molar-refractivity contribution in [2.75, 3.05) is 11.9 Å². The molecule has 25 heavy (non-hydrogen) atoms. The van der Waals surface area contributed by atoms with Crippen LogP contribution in [0, 0.1) is 6.92 Å². The number of rotatable bonds is 4. The quantitative estimate of drug-likeness (QED) is 0.784. The maximum Gasteiger partial charge on any atom is 0.319 e. The van der Waals surface area contributed by atoms with Gasteiger partial charge < -0.3 is 20.7 Å². The van der Waals surface area contributed by atoms with Gasteiger partial charge in [-0.05, 0) is 64.0 Å². The first-order valence-corrected chi connectivity index (χ1v) is 9.25. The number of hydrogen-bond acceptors (Lipinski definition) is 3. The van der Waals surface area contributed by atoms with Crippen LogP contribution in [-0.2, 0) is 4.79 Å². The Morgan fingerprint density at radius 2 is 1.92 bits per heavy atom. The van der Waals surface area contributed by atoms with Crippen LogP contribution in [0.2, 0.25) is 0 Å².